The smallest absolute Gasteiger partial charge is 0.0312 e. The summed E-state index contributed by atoms with van der Waals surface area (Å²) in [6.07, 6.45) is 6.16. The standard InChI is InChI=1S/C16H27N3/c1-5-15(3)13-19(16(4,6-2)12-18-15)11-14-8-7-9-17-10-14/h7-10,18H,5-6,11-13H2,1-4H3. The van der Waals surface area contributed by atoms with Crippen molar-refractivity contribution < 1.29 is 0 Å². The Morgan fingerprint density at radius 1 is 1.32 bits per heavy atom. The second-order valence-electron chi connectivity index (χ2n) is 6.34. The van der Waals surface area contributed by atoms with Crippen molar-refractivity contribution in [2.24, 2.45) is 0 Å². The Labute approximate surface area is 117 Å². The number of hydrogen-bond donors (Lipinski definition) is 1. The lowest BCUT2D eigenvalue weighted by atomic mass is 9.85. The molecule has 2 rings (SSSR count). The molecule has 1 fully saturated rings. The van der Waals surface area contributed by atoms with Crippen molar-refractivity contribution in [3.05, 3.63) is 30.1 Å². The maximum atomic E-state index is 4.24. The molecule has 19 heavy (non-hydrogen) atoms. The molecular formula is C16H27N3. The third-order valence-electron chi connectivity index (χ3n) is 4.84. The van der Waals surface area contributed by atoms with Crippen molar-refractivity contribution in [2.45, 2.75) is 58.2 Å². The van der Waals surface area contributed by atoms with Crippen LogP contribution in [0.1, 0.15) is 46.1 Å². The van der Waals surface area contributed by atoms with Crippen molar-refractivity contribution in [1.29, 1.82) is 0 Å². The van der Waals surface area contributed by atoms with Gasteiger partial charge in [-0.3, -0.25) is 9.88 Å². The summed E-state index contributed by atoms with van der Waals surface area (Å²) in [6, 6.07) is 4.20. The van der Waals surface area contributed by atoms with Crippen LogP contribution in [0, 0.1) is 0 Å². The van der Waals surface area contributed by atoms with Gasteiger partial charge in [0.25, 0.3) is 0 Å². The highest BCUT2D eigenvalue weighted by Crippen LogP contribution is 2.29. The fraction of sp³-hybridized carbons (Fsp3) is 0.688. The van der Waals surface area contributed by atoms with Crippen LogP contribution in [0.3, 0.4) is 0 Å². The molecule has 1 aromatic heterocycles. The van der Waals surface area contributed by atoms with Gasteiger partial charge in [-0.1, -0.05) is 19.9 Å². The Kier molecular flexibility index (Phi) is 4.26. The fourth-order valence-corrected chi connectivity index (χ4v) is 2.73. The van der Waals surface area contributed by atoms with Crippen LogP contribution in [0.5, 0.6) is 0 Å². The van der Waals surface area contributed by atoms with E-state index in [2.05, 4.69) is 49.0 Å². The zero-order chi connectivity index (χ0) is 13.9. The van der Waals surface area contributed by atoms with E-state index in [-0.39, 0.29) is 11.1 Å². The molecule has 0 aromatic carbocycles. The molecular weight excluding hydrogens is 234 g/mol. The molecule has 1 aliphatic heterocycles. The van der Waals surface area contributed by atoms with Crippen LogP contribution >= 0.6 is 0 Å². The molecule has 0 radical (unpaired) electrons. The minimum atomic E-state index is 0.233. The highest BCUT2D eigenvalue weighted by molar-refractivity contribution is 5.11. The van der Waals surface area contributed by atoms with Gasteiger partial charge in [-0.05, 0) is 38.3 Å². The van der Waals surface area contributed by atoms with E-state index in [9.17, 15) is 0 Å². The predicted octanol–water partition coefficient (Wildman–Crippen LogP) is 2.82. The van der Waals surface area contributed by atoms with E-state index in [0.717, 1.165) is 26.1 Å². The van der Waals surface area contributed by atoms with E-state index < -0.39 is 0 Å². The summed E-state index contributed by atoms with van der Waals surface area (Å²) in [6.45, 7) is 12.4. The largest absolute Gasteiger partial charge is 0.308 e. The molecule has 0 spiro atoms. The summed E-state index contributed by atoms with van der Waals surface area (Å²) in [5.41, 5.74) is 1.78. The average molecular weight is 261 g/mol. The topological polar surface area (TPSA) is 28.2 Å². The average Bonchev–Trinajstić information content (AvgIpc) is 2.44. The number of aromatic nitrogens is 1. The fourth-order valence-electron chi connectivity index (χ4n) is 2.73. The lowest BCUT2D eigenvalue weighted by Gasteiger charge is -2.52. The van der Waals surface area contributed by atoms with Gasteiger partial charge in [0.2, 0.25) is 0 Å². The maximum absolute atomic E-state index is 4.24. The predicted molar refractivity (Wildman–Crippen MR) is 80.0 cm³/mol. The number of pyridine rings is 1. The van der Waals surface area contributed by atoms with Gasteiger partial charge in [0.15, 0.2) is 0 Å². The van der Waals surface area contributed by atoms with Crippen LogP contribution in [-0.2, 0) is 6.54 Å². The Hall–Kier alpha value is -0.930. The highest BCUT2D eigenvalue weighted by Gasteiger charge is 2.40. The van der Waals surface area contributed by atoms with Crippen LogP contribution in [0.4, 0.5) is 0 Å². The maximum Gasteiger partial charge on any atom is 0.0312 e. The SMILES string of the molecule is CCC1(C)CN(Cc2cccnc2)C(C)(CC)CN1. The Bertz CT molecular complexity index is 406. The first-order valence-corrected chi connectivity index (χ1v) is 7.40. The third kappa shape index (κ3) is 3.15. The summed E-state index contributed by atoms with van der Waals surface area (Å²) in [7, 11) is 0. The van der Waals surface area contributed by atoms with E-state index in [1.165, 1.54) is 12.0 Å². The van der Waals surface area contributed by atoms with E-state index in [4.69, 9.17) is 0 Å². The molecule has 2 unspecified atom stereocenters. The first-order chi connectivity index (χ1) is 9.01. The van der Waals surface area contributed by atoms with Crippen LogP contribution in [0.15, 0.2) is 24.5 Å². The van der Waals surface area contributed by atoms with Gasteiger partial charge >= 0.3 is 0 Å². The molecule has 2 atom stereocenters. The molecule has 3 heteroatoms. The van der Waals surface area contributed by atoms with Gasteiger partial charge < -0.3 is 5.32 Å². The Morgan fingerprint density at radius 3 is 2.68 bits per heavy atom. The number of rotatable bonds is 4. The monoisotopic (exact) mass is 261 g/mol. The van der Waals surface area contributed by atoms with Gasteiger partial charge in [0.1, 0.15) is 0 Å². The van der Waals surface area contributed by atoms with Gasteiger partial charge in [0.05, 0.1) is 0 Å². The molecule has 1 aromatic rings. The van der Waals surface area contributed by atoms with Gasteiger partial charge in [0, 0.05) is 43.1 Å². The zero-order valence-corrected chi connectivity index (χ0v) is 12.7. The summed E-state index contributed by atoms with van der Waals surface area (Å²) < 4.78 is 0. The number of piperazine rings is 1. The van der Waals surface area contributed by atoms with Gasteiger partial charge in [-0.2, -0.15) is 0 Å². The van der Waals surface area contributed by atoms with Crippen LogP contribution < -0.4 is 5.32 Å². The lowest BCUT2D eigenvalue weighted by molar-refractivity contribution is 0.0104. The van der Waals surface area contributed by atoms with Crippen LogP contribution in [0.2, 0.25) is 0 Å². The lowest BCUT2D eigenvalue weighted by Crippen LogP contribution is -2.67. The van der Waals surface area contributed by atoms with Crippen molar-refractivity contribution in [3.8, 4) is 0 Å². The summed E-state index contributed by atoms with van der Waals surface area (Å²) in [4.78, 5) is 6.87. The number of nitrogens with zero attached hydrogens (tertiary/aromatic N) is 2. The van der Waals surface area contributed by atoms with Crippen LogP contribution in [-0.4, -0.2) is 34.1 Å². The molecule has 2 heterocycles. The molecule has 106 valence electrons. The zero-order valence-electron chi connectivity index (χ0n) is 12.7. The first kappa shape index (κ1) is 14.5. The van der Waals surface area contributed by atoms with Crippen molar-refractivity contribution in [2.75, 3.05) is 13.1 Å². The third-order valence-corrected chi connectivity index (χ3v) is 4.84. The number of hydrogen-bond acceptors (Lipinski definition) is 3. The van der Waals surface area contributed by atoms with Crippen molar-refractivity contribution in [3.63, 3.8) is 0 Å². The van der Waals surface area contributed by atoms with E-state index in [0.29, 0.717) is 0 Å². The molecule has 0 amide bonds. The van der Waals surface area contributed by atoms with Gasteiger partial charge in [-0.25, -0.2) is 0 Å². The summed E-state index contributed by atoms with van der Waals surface area (Å²) in [5.74, 6) is 0. The first-order valence-electron chi connectivity index (χ1n) is 7.40. The van der Waals surface area contributed by atoms with E-state index >= 15 is 0 Å². The van der Waals surface area contributed by atoms with Crippen LogP contribution in [0.25, 0.3) is 0 Å². The minimum absolute atomic E-state index is 0.233. The van der Waals surface area contributed by atoms with Crippen molar-refractivity contribution >= 4 is 0 Å². The molecule has 0 saturated carbocycles. The van der Waals surface area contributed by atoms with E-state index in [1.54, 1.807) is 0 Å². The molecule has 1 aliphatic rings. The minimum Gasteiger partial charge on any atom is -0.308 e. The molecule has 1 saturated heterocycles. The second kappa shape index (κ2) is 5.59. The highest BCUT2D eigenvalue weighted by atomic mass is 15.3. The number of nitrogens with one attached hydrogen (secondary N) is 1. The summed E-state index contributed by atoms with van der Waals surface area (Å²) >= 11 is 0. The summed E-state index contributed by atoms with van der Waals surface area (Å²) in [5, 5.41) is 3.75. The molecule has 0 bridgehead atoms. The second-order valence-corrected chi connectivity index (χ2v) is 6.34. The normalized spacial score (nSPS) is 32.4. The molecule has 0 aliphatic carbocycles. The Balaban J connectivity index is 2.17. The quantitative estimate of drug-likeness (QED) is 0.903. The van der Waals surface area contributed by atoms with Crippen molar-refractivity contribution in [1.82, 2.24) is 15.2 Å². The van der Waals surface area contributed by atoms with E-state index in [1.807, 2.05) is 18.5 Å². The Morgan fingerprint density at radius 2 is 2.11 bits per heavy atom. The molecule has 3 nitrogen and oxygen atoms in total. The van der Waals surface area contributed by atoms with Gasteiger partial charge in [-0.15, -0.1) is 0 Å². The molecule has 1 N–H and O–H groups in total.